The van der Waals surface area contributed by atoms with E-state index in [9.17, 15) is 4.39 Å². The molecule has 5 nitrogen and oxygen atoms in total. The van der Waals surface area contributed by atoms with Gasteiger partial charge >= 0.3 is 0 Å². The first-order valence-electron chi connectivity index (χ1n) is 8.97. The lowest BCUT2D eigenvalue weighted by Gasteiger charge is -2.10. The first kappa shape index (κ1) is 19.0. The van der Waals surface area contributed by atoms with Crippen molar-refractivity contribution >= 4 is 17.4 Å². The SMILES string of the molecule is Cc1cc(-c2ccc(CNc3nccc(-c4cncc(Cl)c4)c3F)cn2)ccn1. The lowest BCUT2D eigenvalue weighted by Crippen LogP contribution is -2.05. The van der Waals surface area contributed by atoms with E-state index in [1.165, 1.54) is 6.20 Å². The maximum Gasteiger partial charge on any atom is 0.173 e. The van der Waals surface area contributed by atoms with E-state index < -0.39 is 5.82 Å². The molecule has 0 amide bonds. The van der Waals surface area contributed by atoms with Crippen LogP contribution in [-0.2, 0) is 6.54 Å². The summed E-state index contributed by atoms with van der Waals surface area (Å²) in [4.78, 5) is 16.8. The predicted molar refractivity (Wildman–Crippen MR) is 112 cm³/mol. The van der Waals surface area contributed by atoms with E-state index in [4.69, 9.17) is 11.6 Å². The van der Waals surface area contributed by atoms with Crippen molar-refractivity contribution in [3.63, 3.8) is 0 Å². The van der Waals surface area contributed by atoms with Gasteiger partial charge in [-0.25, -0.2) is 9.37 Å². The number of pyridine rings is 4. The molecule has 0 saturated carbocycles. The van der Waals surface area contributed by atoms with E-state index >= 15 is 0 Å². The number of hydrogen-bond donors (Lipinski definition) is 1. The van der Waals surface area contributed by atoms with Gasteiger partial charge in [0.05, 0.1) is 10.7 Å². The van der Waals surface area contributed by atoms with Gasteiger partial charge < -0.3 is 5.32 Å². The normalized spacial score (nSPS) is 10.7. The second-order valence-electron chi connectivity index (χ2n) is 6.50. The zero-order valence-electron chi connectivity index (χ0n) is 15.6. The van der Waals surface area contributed by atoms with Gasteiger partial charge in [-0.2, -0.15) is 0 Å². The number of nitrogens with zero attached hydrogens (tertiary/aromatic N) is 4. The minimum Gasteiger partial charge on any atom is -0.363 e. The van der Waals surface area contributed by atoms with Crippen molar-refractivity contribution in [3.8, 4) is 22.4 Å². The molecule has 1 N–H and O–H groups in total. The molecule has 0 saturated heterocycles. The van der Waals surface area contributed by atoms with Crippen LogP contribution >= 0.6 is 11.6 Å². The van der Waals surface area contributed by atoms with Crippen molar-refractivity contribution in [2.45, 2.75) is 13.5 Å². The van der Waals surface area contributed by atoms with Crippen LogP contribution in [0.2, 0.25) is 5.02 Å². The Hall–Kier alpha value is -3.38. The molecule has 0 spiro atoms. The average molecular weight is 406 g/mol. The minimum atomic E-state index is -0.451. The third-order valence-electron chi connectivity index (χ3n) is 4.38. The summed E-state index contributed by atoms with van der Waals surface area (Å²) in [5.74, 6) is -0.287. The molecule has 4 heterocycles. The van der Waals surface area contributed by atoms with Gasteiger partial charge in [-0.3, -0.25) is 15.0 Å². The molecule has 0 aliphatic heterocycles. The average Bonchev–Trinajstić information content (AvgIpc) is 2.73. The Kier molecular flexibility index (Phi) is 5.44. The van der Waals surface area contributed by atoms with Crippen LogP contribution in [0.5, 0.6) is 0 Å². The van der Waals surface area contributed by atoms with Crippen LogP contribution < -0.4 is 5.32 Å². The lowest BCUT2D eigenvalue weighted by atomic mass is 10.1. The fraction of sp³-hybridized carbons (Fsp3) is 0.0909. The highest BCUT2D eigenvalue weighted by Crippen LogP contribution is 2.27. The van der Waals surface area contributed by atoms with Crippen LogP contribution in [0, 0.1) is 12.7 Å². The summed E-state index contributed by atoms with van der Waals surface area (Å²) in [6.07, 6.45) is 8.15. The molecule has 4 aromatic heterocycles. The number of aromatic nitrogens is 4. The van der Waals surface area contributed by atoms with Gasteiger partial charge in [0.1, 0.15) is 0 Å². The molecule has 0 aromatic carbocycles. The summed E-state index contributed by atoms with van der Waals surface area (Å²) in [5, 5.41) is 3.48. The first-order valence-corrected chi connectivity index (χ1v) is 9.35. The summed E-state index contributed by atoms with van der Waals surface area (Å²) in [6.45, 7) is 2.33. The van der Waals surface area contributed by atoms with Crippen LogP contribution in [0.3, 0.4) is 0 Å². The molecular weight excluding hydrogens is 389 g/mol. The number of aryl methyl sites for hydroxylation is 1. The number of halogens is 2. The third-order valence-corrected chi connectivity index (χ3v) is 4.59. The Morgan fingerprint density at radius 3 is 2.55 bits per heavy atom. The molecule has 0 radical (unpaired) electrons. The Morgan fingerprint density at radius 1 is 0.931 bits per heavy atom. The summed E-state index contributed by atoms with van der Waals surface area (Å²) in [5.41, 5.74) is 4.70. The number of hydrogen-bond acceptors (Lipinski definition) is 5. The van der Waals surface area contributed by atoms with E-state index in [1.54, 1.807) is 36.9 Å². The fourth-order valence-corrected chi connectivity index (χ4v) is 3.11. The molecule has 29 heavy (non-hydrogen) atoms. The van der Waals surface area contributed by atoms with Gasteiger partial charge in [0.2, 0.25) is 0 Å². The highest BCUT2D eigenvalue weighted by molar-refractivity contribution is 6.30. The van der Waals surface area contributed by atoms with E-state index in [1.807, 2.05) is 31.2 Å². The second-order valence-corrected chi connectivity index (χ2v) is 6.94. The molecule has 144 valence electrons. The fourth-order valence-electron chi connectivity index (χ4n) is 2.94. The number of nitrogens with one attached hydrogen (secondary N) is 1. The van der Waals surface area contributed by atoms with Gasteiger partial charge in [-0.05, 0) is 42.8 Å². The molecular formula is C22H17ClFN5. The Bertz CT molecular complexity index is 1150. The summed E-state index contributed by atoms with van der Waals surface area (Å²) in [6, 6.07) is 11.1. The van der Waals surface area contributed by atoms with Gasteiger partial charge in [0, 0.05) is 59.9 Å². The minimum absolute atomic E-state index is 0.163. The van der Waals surface area contributed by atoms with Crippen molar-refractivity contribution in [2.24, 2.45) is 0 Å². The van der Waals surface area contributed by atoms with E-state index in [-0.39, 0.29) is 5.82 Å². The van der Waals surface area contributed by atoms with Gasteiger partial charge in [0.15, 0.2) is 11.6 Å². The lowest BCUT2D eigenvalue weighted by molar-refractivity contribution is 0.627. The van der Waals surface area contributed by atoms with Crippen LogP contribution in [0.15, 0.2) is 67.4 Å². The van der Waals surface area contributed by atoms with Crippen molar-refractivity contribution < 1.29 is 4.39 Å². The second kappa shape index (κ2) is 8.32. The maximum atomic E-state index is 14.9. The molecule has 0 aliphatic rings. The topological polar surface area (TPSA) is 63.6 Å². The zero-order chi connectivity index (χ0) is 20.2. The van der Waals surface area contributed by atoms with Crippen molar-refractivity contribution in [3.05, 3.63) is 89.5 Å². The Morgan fingerprint density at radius 2 is 1.79 bits per heavy atom. The highest BCUT2D eigenvalue weighted by Gasteiger charge is 2.12. The summed E-state index contributed by atoms with van der Waals surface area (Å²) >= 11 is 5.97. The van der Waals surface area contributed by atoms with Crippen molar-refractivity contribution in [2.75, 3.05) is 5.32 Å². The van der Waals surface area contributed by atoms with Gasteiger partial charge in [0.25, 0.3) is 0 Å². The molecule has 0 unspecified atom stereocenters. The van der Waals surface area contributed by atoms with E-state index in [2.05, 4.69) is 25.3 Å². The Balaban J connectivity index is 1.50. The van der Waals surface area contributed by atoms with E-state index in [0.717, 1.165) is 22.5 Å². The first-order chi connectivity index (χ1) is 14.1. The largest absolute Gasteiger partial charge is 0.363 e. The van der Waals surface area contributed by atoms with E-state index in [0.29, 0.717) is 22.7 Å². The molecule has 0 fully saturated rings. The number of rotatable bonds is 5. The maximum absolute atomic E-state index is 14.9. The molecule has 0 aliphatic carbocycles. The van der Waals surface area contributed by atoms with Gasteiger partial charge in [-0.15, -0.1) is 0 Å². The molecule has 7 heteroatoms. The summed E-state index contributed by atoms with van der Waals surface area (Å²) in [7, 11) is 0. The molecule has 0 atom stereocenters. The molecule has 0 bridgehead atoms. The van der Waals surface area contributed by atoms with Crippen molar-refractivity contribution in [1.82, 2.24) is 19.9 Å². The van der Waals surface area contributed by atoms with Crippen LogP contribution in [0.1, 0.15) is 11.3 Å². The monoisotopic (exact) mass is 405 g/mol. The standard InChI is InChI=1S/C22H17ClFN5/c1-14-8-16(4-6-26-14)20-3-2-15(10-28-20)11-29-22-21(24)19(5-7-27-22)17-9-18(23)13-25-12-17/h2-10,12-13H,11H2,1H3,(H,27,29). The molecule has 4 aromatic rings. The third kappa shape index (κ3) is 4.38. The predicted octanol–water partition coefficient (Wildman–Crippen LogP) is 5.31. The summed E-state index contributed by atoms with van der Waals surface area (Å²) < 4.78 is 14.9. The smallest absolute Gasteiger partial charge is 0.173 e. The quantitative estimate of drug-likeness (QED) is 0.487. The van der Waals surface area contributed by atoms with Crippen LogP contribution in [0.4, 0.5) is 10.2 Å². The number of anilines is 1. The Labute approximate surface area is 172 Å². The van der Waals surface area contributed by atoms with Gasteiger partial charge in [-0.1, -0.05) is 17.7 Å². The van der Waals surface area contributed by atoms with Crippen molar-refractivity contribution in [1.29, 1.82) is 0 Å². The van der Waals surface area contributed by atoms with Crippen LogP contribution in [-0.4, -0.2) is 19.9 Å². The molecule has 4 rings (SSSR count). The highest BCUT2D eigenvalue weighted by atomic mass is 35.5. The van der Waals surface area contributed by atoms with Crippen LogP contribution in [0.25, 0.3) is 22.4 Å². The zero-order valence-corrected chi connectivity index (χ0v) is 16.4.